The van der Waals surface area contributed by atoms with Crippen molar-refractivity contribution in [3.05, 3.63) is 46.2 Å². The second kappa shape index (κ2) is 9.70. The molecule has 1 fully saturated rings. The predicted octanol–water partition coefficient (Wildman–Crippen LogP) is 3.23. The first-order valence-electron chi connectivity index (χ1n) is 10.3. The van der Waals surface area contributed by atoms with Crippen molar-refractivity contribution in [1.29, 1.82) is 0 Å². The van der Waals surface area contributed by atoms with Crippen molar-refractivity contribution in [3.8, 4) is 0 Å². The summed E-state index contributed by atoms with van der Waals surface area (Å²) in [4.78, 5) is 29.7. The number of pyridine rings is 1. The Bertz CT molecular complexity index is 815. The van der Waals surface area contributed by atoms with E-state index in [9.17, 15) is 9.59 Å². The van der Waals surface area contributed by atoms with Gasteiger partial charge in [0.15, 0.2) is 0 Å². The fourth-order valence-electron chi connectivity index (χ4n) is 4.04. The van der Waals surface area contributed by atoms with Crippen LogP contribution in [0.4, 0.5) is 0 Å². The number of rotatable bonds is 8. The van der Waals surface area contributed by atoms with E-state index in [4.69, 9.17) is 0 Å². The summed E-state index contributed by atoms with van der Waals surface area (Å²) in [6, 6.07) is 10.3. The van der Waals surface area contributed by atoms with Gasteiger partial charge in [0.1, 0.15) is 0 Å². The van der Waals surface area contributed by atoms with Gasteiger partial charge in [0, 0.05) is 36.6 Å². The van der Waals surface area contributed by atoms with Crippen molar-refractivity contribution in [1.82, 2.24) is 15.2 Å². The Hall–Kier alpha value is -2.14. The van der Waals surface area contributed by atoms with Crippen LogP contribution in [0.3, 0.4) is 0 Å². The third-order valence-electron chi connectivity index (χ3n) is 5.62. The van der Waals surface area contributed by atoms with Crippen LogP contribution >= 0.6 is 0 Å². The molecule has 146 valence electrons. The number of benzene rings is 1. The first-order chi connectivity index (χ1) is 13.2. The van der Waals surface area contributed by atoms with Crippen LogP contribution in [0.25, 0.3) is 10.9 Å². The summed E-state index contributed by atoms with van der Waals surface area (Å²) in [7, 11) is 0. The fourth-order valence-corrected chi connectivity index (χ4v) is 4.04. The number of piperidine rings is 1. The molecule has 2 N–H and O–H groups in total. The van der Waals surface area contributed by atoms with Gasteiger partial charge in [-0.15, -0.1) is 0 Å². The van der Waals surface area contributed by atoms with E-state index < -0.39 is 0 Å². The Balaban J connectivity index is 1.41. The zero-order chi connectivity index (χ0) is 19.1. The topological polar surface area (TPSA) is 65.2 Å². The zero-order valence-corrected chi connectivity index (χ0v) is 16.3. The third kappa shape index (κ3) is 5.42. The van der Waals surface area contributed by atoms with Crippen molar-refractivity contribution < 1.29 is 4.79 Å². The van der Waals surface area contributed by atoms with Crippen LogP contribution in [0, 0.1) is 0 Å². The number of hydrogen-bond acceptors (Lipinski definition) is 3. The molecule has 1 aliphatic heterocycles. The quantitative estimate of drug-likeness (QED) is 0.702. The maximum absolute atomic E-state index is 12.1. The van der Waals surface area contributed by atoms with Gasteiger partial charge in [0.05, 0.1) is 0 Å². The third-order valence-corrected chi connectivity index (χ3v) is 5.62. The number of fused-ring (bicyclic) bond motifs is 1. The maximum atomic E-state index is 12.1. The van der Waals surface area contributed by atoms with E-state index in [0.717, 1.165) is 23.9 Å². The highest BCUT2D eigenvalue weighted by Gasteiger charge is 2.19. The summed E-state index contributed by atoms with van der Waals surface area (Å²) < 4.78 is 0. The number of hydrogen-bond donors (Lipinski definition) is 2. The highest BCUT2D eigenvalue weighted by Crippen LogP contribution is 2.19. The summed E-state index contributed by atoms with van der Waals surface area (Å²) in [5.41, 5.74) is 1.40. The number of nitrogens with one attached hydrogen (secondary N) is 2. The Labute approximate surface area is 161 Å². The van der Waals surface area contributed by atoms with Crippen LogP contribution in [-0.2, 0) is 11.2 Å². The lowest BCUT2D eigenvalue weighted by atomic mass is 10.00. The highest BCUT2D eigenvalue weighted by molar-refractivity contribution is 5.79. The van der Waals surface area contributed by atoms with Gasteiger partial charge in [-0.2, -0.15) is 0 Å². The smallest absolute Gasteiger partial charge is 0.251 e. The molecule has 1 aromatic heterocycles. The van der Waals surface area contributed by atoms with Crippen molar-refractivity contribution in [3.63, 3.8) is 0 Å². The van der Waals surface area contributed by atoms with Gasteiger partial charge in [-0.05, 0) is 56.2 Å². The Morgan fingerprint density at radius 2 is 2.15 bits per heavy atom. The molecule has 3 rings (SSSR count). The molecule has 2 heterocycles. The summed E-state index contributed by atoms with van der Waals surface area (Å²) in [5.74, 6) is 0.0215. The minimum absolute atomic E-state index is 0.0215. The van der Waals surface area contributed by atoms with E-state index in [1.165, 1.54) is 32.2 Å². The first kappa shape index (κ1) is 19.6. The number of H-pyrrole nitrogens is 1. The zero-order valence-electron chi connectivity index (χ0n) is 16.3. The molecule has 0 bridgehead atoms. The number of amides is 1. The monoisotopic (exact) mass is 369 g/mol. The van der Waals surface area contributed by atoms with Crippen LogP contribution in [0.5, 0.6) is 0 Å². The molecule has 0 saturated carbocycles. The molecule has 1 atom stereocenters. The average molecular weight is 370 g/mol. The highest BCUT2D eigenvalue weighted by atomic mass is 16.1. The standard InChI is InChI=1S/C22H31N3O2/c1-2-19-9-5-6-14-25(19)15-7-13-23-21(26)12-11-18-16-17-8-3-4-10-20(17)24-22(18)27/h3-4,8,10,16,19H,2,5-7,9,11-15H2,1H3,(H,23,26)(H,24,27)/t19-/m1/s1. The number of aryl methyl sites for hydroxylation is 1. The van der Waals surface area contributed by atoms with Crippen molar-refractivity contribution in [2.75, 3.05) is 19.6 Å². The molecule has 0 aliphatic carbocycles. The molecule has 5 nitrogen and oxygen atoms in total. The SMILES string of the molecule is CC[C@@H]1CCCCN1CCCNC(=O)CCc1cc2ccccc2[nH]c1=O. The van der Waals surface area contributed by atoms with E-state index in [0.29, 0.717) is 31.0 Å². The molecule has 0 spiro atoms. The van der Waals surface area contributed by atoms with Crippen LogP contribution in [0.15, 0.2) is 35.1 Å². The number of para-hydroxylation sites is 1. The molecule has 0 unspecified atom stereocenters. The van der Waals surface area contributed by atoms with Crippen molar-refractivity contribution >= 4 is 16.8 Å². The number of carbonyl (C=O) groups excluding carboxylic acids is 1. The van der Waals surface area contributed by atoms with Crippen LogP contribution < -0.4 is 10.9 Å². The number of likely N-dealkylation sites (tertiary alicyclic amines) is 1. The first-order valence-corrected chi connectivity index (χ1v) is 10.3. The molecular weight excluding hydrogens is 338 g/mol. The lowest BCUT2D eigenvalue weighted by Gasteiger charge is -2.35. The van der Waals surface area contributed by atoms with E-state index in [1.54, 1.807) is 0 Å². The summed E-state index contributed by atoms with van der Waals surface area (Å²) >= 11 is 0. The normalized spacial score (nSPS) is 17.9. The number of aromatic nitrogens is 1. The van der Waals surface area contributed by atoms with E-state index in [2.05, 4.69) is 22.1 Å². The molecule has 1 aromatic carbocycles. The lowest BCUT2D eigenvalue weighted by molar-refractivity contribution is -0.121. The van der Waals surface area contributed by atoms with Crippen molar-refractivity contribution in [2.24, 2.45) is 0 Å². The van der Waals surface area contributed by atoms with Gasteiger partial charge in [-0.25, -0.2) is 0 Å². The van der Waals surface area contributed by atoms with Crippen LogP contribution in [-0.4, -0.2) is 41.5 Å². The molecule has 1 aliphatic rings. The molecule has 1 amide bonds. The fraction of sp³-hybridized carbons (Fsp3) is 0.545. The average Bonchev–Trinajstić information content (AvgIpc) is 2.70. The summed E-state index contributed by atoms with van der Waals surface area (Å²) in [6.45, 7) is 5.22. The van der Waals surface area contributed by atoms with Gasteiger partial charge >= 0.3 is 0 Å². The molecular formula is C22H31N3O2. The van der Waals surface area contributed by atoms with Gasteiger partial charge in [-0.1, -0.05) is 31.5 Å². The minimum atomic E-state index is -0.0998. The molecule has 27 heavy (non-hydrogen) atoms. The lowest BCUT2D eigenvalue weighted by Crippen LogP contribution is -2.40. The van der Waals surface area contributed by atoms with Gasteiger partial charge in [-0.3, -0.25) is 9.59 Å². The van der Waals surface area contributed by atoms with Gasteiger partial charge in [0.25, 0.3) is 5.56 Å². The Morgan fingerprint density at radius 3 is 3.00 bits per heavy atom. The summed E-state index contributed by atoms with van der Waals surface area (Å²) in [6.07, 6.45) is 6.97. The van der Waals surface area contributed by atoms with E-state index >= 15 is 0 Å². The van der Waals surface area contributed by atoms with Gasteiger partial charge < -0.3 is 15.2 Å². The minimum Gasteiger partial charge on any atom is -0.356 e. The largest absolute Gasteiger partial charge is 0.356 e. The van der Waals surface area contributed by atoms with E-state index in [-0.39, 0.29) is 11.5 Å². The maximum Gasteiger partial charge on any atom is 0.251 e. The number of nitrogens with zero attached hydrogens (tertiary/aromatic N) is 1. The molecule has 1 saturated heterocycles. The molecule has 2 aromatic rings. The van der Waals surface area contributed by atoms with Crippen LogP contribution in [0.2, 0.25) is 0 Å². The Morgan fingerprint density at radius 1 is 1.30 bits per heavy atom. The van der Waals surface area contributed by atoms with E-state index in [1.807, 2.05) is 30.3 Å². The molecule has 0 radical (unpaired) electrons. The van der Waals surface area contributed by atoms with Crippen LogP contribution in [0.1, 0.15) is 51.0 Å². The van der Waals surface area contributed by atoms with Crippen molar-refractivity contribution in [2.45, 2.75) is 57.9 Å². The Kier molecular flexibility index (Phi) is 7.04. The summed E-state index contributed by atoms with van der Waals surface area (Å²) in [5, 5.41) is 4.00. The predicted molar refractivity (Wildman–Crippen MR) is 110 cm³/mol. The number of carbonyl (C=O) groups is 1. The van der Waals surface area contributed by atoms with Gasteiger partial charge in [0.2, 0.25) is 5.91 Å². The second-order valence-corrected chi connectivity index (χ2v) is 7.51. The molecule has 5 heteroatoms. The second-order valence-electron chi connectivity index (χ2n) is 7.51. The number of aromatic amines is 1.